The number of carbonyl (C=O) groups excluding carboxylic acids is 1. The molecule has 0 atom stereocenters. The molecule has 2 rings (SSSR count). The number of ether oxygens (including phenoxy) is 1. The van der Waals surface area contributed by atoms with E-state index in [1.54, 1.807) is 13.8 Å². The Bertz CT molecular complexity index is 378. The van der Waals surface area contributed by atoms with Crippen LogP contribution < -0.4 is 0 Å². The zero-order valence-corrected chi connectivity index (χ0v) is 9.78. The Balaban J connectivity index is 2.27. The molecule has 1 aliphatic rings. The first-order valence-corrected chi connectivity index (χ1v) is 5.87. The molecule has 1 fully saturated rings. The van der Waals surface area contributed by atoms with E-state index in [1.807, 2.05) is 0 Å². The van der Waals surface area contributed by atoms with Crippen molar-refractivity contribution in [2.24, 2.45) is 0 Å². The number of aromatic nitrogens is 1. The maximum Gasteiger partial charge on any atom is 0.343 e. The fraction of sp³-hybridized carbons (Fsp3) is 0.667. The van der Waals surface area contributed by atoms with Crippen LogP contribution in [0.5, 0.6) is 0 Å². The quantitative estimate of drug-likeness (QED) is 0.739. The molecule has 1 heterocycles. The predicted octanol–water partition coefficient (Wildman–Crippen LogP) is 2.82. The Kier molecular flexibility index (Phi) is 3.27. The molecular formula is C12H17NO3. The fourth-order valence-corrected chi connectivity index (χ4v) is 2.32. The molecule has 1 aromatic rings. The third kappa shape index (κ3) is 1.96. The molecule has 0 bridgehead atoms. The summed E-state index contributed by atoms with van der Waals surface area (Å²) in [6, 6.07) is 0. The molecule has 0 unspecified atom stereocenters. The molecule has 0 spiro atoms. The van der Waals surface area contributed by atoms with Gasteiger partial charge in [0.25, 0.3) is 0 Å². The fourth-order valence-electron chi connectivity index (χ4n) is 2.32. The summed E-state index contributed by atoms with van der Waals surface area (Å²) in [5.74, 6) is 0.639. The lowest BCUT2D eigenvalue weighted by Gasteiger charge is -2.07. The number of hydrogen-bond donors (Lipinski definition) is 0. The van der Waals surface area contributed by atoms with Gasteiger partial charge in [-0.3, -0.25) is 0 Å². The van der Waals surface area contributed by atoms with Gasteiger partial charge >= 0.3 is 5.97 Å². The molecule has 0 saturated heterocycles. The lowest BCUT2D eigenvalue weighted by molar-refractivity contribution is 0.0522. The number of hydrogen-bond acceptors (Lipinski definition) is 4. The molecule has 0 radical (unpaired) electrons. The van der Waals surface area contributed by atoms with Gasteiger partial charge in [-0.1, -0.05) is 18.0 Å². The summed E-state index contributed by atoms with van der Waals surface area (Å²) in [7, 11) is 0. The summed E-state index contributed by atoms with van der Waals surface area (Å²) in [5.41, 5.74) is 1.35. The van der Waals surface area contributed by atoms with Gasteiger partial charge in [0.2, 0.25) is 0 Å². The van der Waals surface area contributed by atoms with Gasteiger partial charge in [0.1, 0.15) is 17.0 Å². The molecule has 0 aromatic carbocycles. The summed E-state index contributed by atoms with van der Waals surface area (Å²) >= 11 is 0. The third-order valence-corrected chi connectivity index (χ3v) is 3.11. The van der Waals surface area contributed by atoms with Crippen molar-refractivity contribution in [1.82, 2.24) is 5.16 Å². The van der Waals surface area contributed by atoms with E-state index in [9.17, 15) is 4.79 Å². The Morgan fingerprint density at radius 2 is 2.19 bits per heavy atom. The summed E-state index contributed by atoms with van der Waals surface area (Å²) < 4.78 is 10.2. The van der Waals surface area contributed by atoms with Crippen LogP contribution in [0.4, 0.5) is 0 Å². The molecule has 1 aromatic heterocycles. The second kappa shape index (κ2) is 4.68. The monoisotopic (exact) mass is 223 g/mol. The van der Waals surface area contributed by atoms with Crippen LogP contribution >= 0.6 is 0 Å². The topological polar surface area (TPSA) is 52.3 Å². The van der Waals surface area contributed by atoms with Crippen LogP contribution in [0.3, 0.4) is 0 Å². The number of nitrogens with zero attached hydrogens (tertiary/aromatic N) is 1. The van der Waals surface area contributed by atoms with Crippen LogP contribution in [-0.2, 0) is 4.74 Å². The smallest absolute Gasteiger partial charge is 0.343 e. The normalized spacial score (nSPS) is 16.6. The maximum atomic E-state index is 11.8. The first-order chi connectivity index (χ1) is 7.74. The Morgan fingerprint density at radius 1 is 1.50 bits per heavy atom. The van der Waals surface area contributed by atoms with Crippen LogP contribution in [0.25, 0.3) is 0 Å². The summed E-state index contributed by atoms with van der Waals surface area (Å²) in [6.07, 6.45) is 4.61. The predicted molar refractivity (Wildman–Crippen MR) is 58.4 cm³/mol. The zero-order chi connectivity index (χ0) is 11.5. The van der Waals surface area contributed by atoms with Crippen LogP contribution in [0.15, 0.2) is 4.52 Å². The van der Waals surface area contributed by atoms with Crippen molar-refractivity contribution in [1.29, 1.82) is 0 Å². The second-order valence-electron chi connectivity index (χ2n) is 4.20. The molecule has 0 N–H and O–H groups in total. The highest BCUT2D eigenvalue weighted by Crippen LogP contribution is 2.36. The molecule has 4 heteroatoms. The first kappa shape index (κ1) is 11.2. The number of rotatable bonds is 3. The van der Waals surface area contributed by atoms with E-state index >= 15 is 0 Å². The van der Waals surface area contributed by atoms with Crippen molar-refractivity contribution in [2.75, 3.05) is 6.61 Å². The van der Waals surface area contributed by atoms with Crippen molar-refractivity contribution in [3.05, 3.63) is 17.0 Å². The molecule has 0 amide bonds. The van der Waals surface area contributed by atoms with Gasteiger partial charge in [0.15, 0.2) is 0 Å². The largest absolute Gasteiger partial charge is 0.462 e. The van der Waals surface area contributed by atoms with E-state index < -0.39 is 0 Å². The van der Waals surface area contributed by atoms with Gasteiger partial charge in [0, 0.05) is 5.92 Å². The van der Waals surface area contributed by atoms with Crippen molar-refractivity contribution >= 4 is 5.97 Å². The van der Waals surface area contributed by atoms with Crippen LogP contribution in [-0.4, -0.2) is 17.7 Å². The van der Waals surface area contributed by atoms with Crippen molar-refractivity contribution in [2.45, 2.75) is 45.4 Å². The highest BCUT2D eigenvalue weighted by atomic mass is 16.5. The van der Waals surface area contributed by atoms with Crippen LogP contribution in [0.2, 0.25) is 0 Å². The van der Waals surface area contributed by atoms with E-state index in [1.165, 1.54) is 12.8 Å². The number of esters is 1. The van der Waals surface area contributed by atoms with Crippen molar-refractivity contribution < 1.29 is 14.1 Å². The van der Waals surface area contributed by atoms with Gasteiger partial charge in [-0.25, -0.2) is 4.79 Å². The highest BCUT2D eigenvalue weighted by molar-refractivity contribution is 5.91. The van der Waals surface area contributed by atoms with E-state index in [4.69, 9.17) is 9.26 Å². The first-order valence-electron chi connectivity index (χ1n) is 5.87. The lowest BCUT2D eigenvalue weighted by atomic mass is 9.99. The number of aryl methyl sites for hydroxylation is 1. The SMILES string of the molecule is CCOC(=O)c1c(C2CCCC2)noc1C. The van der Waals surface area contributed by atoms with E-state index in [-0.39, 0.29) is 5.97 Å². The minimum absolute atomic E-state index is 0.303. The zero-order valence-electron chi connectivity index (χ0n) is 9.78. The van der Waals surface area contributed by atoms with E-state index in [2.05, 4.69) is 5.16 Å². The molecule has 1 aliphatic carbocycles. The van der Waals surface area contributed by atoms with Gasteiger partial charge in [0.05, 0.1) is 6.61 Å². The third-order valence-electron chi connectivity index (χ3n) is 3.11. The van der Waals surface area contributed by atoms with Crippen LogP contribution in [0, 0.1) is 6.92 Å². The number of carbonyl (C=O) groups is 1. The average Bonchev–Trinajstić information content (AvgIpc) is 2.86. The molecule has 1 saturated carbocycles. The highest BCUT2D eigenvalue weighted by Gasteiger charge is 2.29. The van der Waals surface area contributed by atoms with Gasteiger partial charge in [-0.15, -0.1) is 0 Å². The summed E-state index contributed by atoms with van der Waals surface area (Å²) in [4.78, 5) is 11.8. The van der Waals surface area contributed by atoms with Gasteiger partial charge in [-0.2, -0.15) is 0 Å². The van der Waals surface area contributed by atoms with Crippen LogP contribution in [0.1, 0.15) is 60.3 Å². The Hall–Kier alpha value is -1.32. The molecular weight excluding hydrogens is 206 g/mol. The Morgan fingerprint density at radius 3 is 2.81 bits per heavy atom. The maximum absolute atomic E-state index is 11.8. The van der Waals surface area contributed by atoms with E-state index in [0.717, 1.165) is 18.5 Å². The molecule has 0 aliphatic heterocycles. The standard InChI is InChI=1S/C12H17NO3/c1-3-15-12(14)10-8(2)16-13-11(10)9-6-4-5-7-9/h9H,3-7H2,1-2H3. The Labute approximate surface area is 95.0 Å². The molecule has 88 valence electrons. The van der Waals surface area contributed by atoms with E-state index in [0.29, 0.717) is 23.8 Å². The van der Waals surface area contributed by atoms with Crippen molar-refractivity contribution in [3.63, 3.8) is 0 Å². The second-order valence-corrected chi connectivity index (χ2v) is 4.20. The lowest BCUT2D eigenvalue weighted by Crippen LogP contribution is -2.09. The van der Waals surface area contributed by atoms with Gasteiger partial charge < -0.3 is 9.26 Å². The van der Waals surface area contributed by atoms with Gasteiger partial charge in [-0.05, 0) is 26.7 Å². The summed E-state index contributed by atoms with van der Waals surface area (Å²) in [6.45, 7) is 3.95. The van der Waals surface area contributed by atoms with Crippen molar-refractivity contribution in [3.8, 4) is 0 Å². The molecule has 16 heavy (non-hydrogen) atoms. The average molecular weight is 223 g/mol. The minimum atomic E-state index is -0.303. The summed E-state index contributed by atoms with van der Waals surface area (Å²) in [5, 5.41) is 4.03. The minimum Gasteiger partial charge on any atom is -0.462 e. The molecule has 4 nitrogen and oxygen atoms in total.